The highest BCUT2D eigenvalue weighted by atomic mass is 16.5. The van der Waals surface area contributed by atoms with Crippen molar-refractivity contribution in [1.29, 1.82) is 0 Å². The maximum atomic E-state index is 13.6. The number of hydrogen-bond donors (Lipinski definition) is 4. The molecule has 1 aromatic carbocycles. The number of rotatable bonds is 7. The van der Waals surface area contributed by atoms with Crippen molar-refractivity contribution >= 4 is 23.2 Å². The molecule has 0 radical (unpaired) electrons. The summed E-state index contributed by atoms with van der Waals surface area (Å²) in [4.78, 5) is 35.4. The first kappa shape index (κ1) is 28.9. The molecule has 2 fully saturated rings. The summed E-state index contributed by atoms with van der Waals surface area (Å²) in [5.41, 5.74) is 10.1. The van der Waals surface area contributed by atoms with E-state index in [9.17, 15) is 9.59 Å². The van der Waals surface area contributed by atoms with Crippen molar-refractivity contribution in [2.45, 2.75) is 69.9 Å². The first-order valence-electron chi connectivity index (χ1n) is 15.5. The zero-order valence-electron chi connectivity index (χ0n) is 25.2. The van der Waals surface area contributed by atoms with E-state index in [1.54, 1.807) is 7.11 Å². The number of anilines is 2. The van der Waals surface area contributed by atoms with Gasteiger partial charge in [0.15, 0.2) is 0 Å². The number of nitrogens with zero attached hydrogens (tertiary/aromatic N) is 4. The van der Waals surface area contributed by atoms with Crippen molar-refractivity contribution in [3.05, 3.63) is 29.2 Å². The van der Waals surface area contributed by atoms with Crippen LogP contribution in [0.5, 0.6) is 5.75 Å². The van der Waals surface area contributed by atoms with Crippen LogP contribution in [-0.4, -0.2) is 105 Å². The molecule has 12 nitrogen and oxygen atoms in total. The van der Waals surface area contributed by atoms with Gasteiger partial charge in [0.1, 0.15) is 17.3 Å². The molecule has 0 aromatic heterocycles. The van der Waals surface area contributed by atoms with Gasteiger partial charge < -0.3 is 34.8 Å². The van der Waals surface area contributed by atoms with Crippen LogP contribution in [0.2, 0.25) is 0 Å². The van der Waals surface area contributed by atoms with Crippen LogP contribution >= 0.6 is 0 Å². The molecule has 6 rings (SSSR count). The number of nitrogens with two attached hydrogens (primary N) is 1. The Hall–Kier alpha value is -3.22. The van der Waals surface area contributed by atoms with Crippen LogP contribution in [0.4, 0.5) is 11.4 Å². The summed E-state index contributed by atoms with van der Waals surface area (Å²) in [7, 11) is 3.58. The standard InChI is InChI=1S/C30H46N8O4/c1-4-21-18-35(2)27-28(38(21)22-9-5-6-10-22)33-30(31,34-29(27)40)32-23-16-20-8-7-11-37(24(20)17-25(23)41-3)26(39)19-36-12-14-42-15-13-36/h16-17,21-22,32-33H,4-15,18-19,31H2,1-3H3,(H,34,40)/t21?,30-/m1/s1. The number of nitrogens with one attached hydrogen (secondary N) is 3. The fourth-order valence-corrected chi connectivity index (χ4v) is 7.28. The number of carbonyl (C=O) groups excluding carboxylic acids is 2. The number of fused-ring (bicyclic) bond motifs is 1. The highest BCUT2D eigenvalue weighted by molar-refractivity contribution is 5.97. The van der Waals surface area contributed by atoms with Crippen LogP contribution < -0.4 is 31.3 Å². The number of amides is 2. The van der Waals surface area contributed by atoms with Gasteiger partial charge in [-0.05, 0) is 43.7 Å². The minimum atomic E-state index is -1.44. The Kier molecular flexibility index (Phi) is 8.12. The zero-order chi connectivity index (χ0) is 29.4. The molecule has 0 bridgehead atoms. The summed E-state index contributed by atoms with van der Waals surface area (Å²) in [5, 5.41) is 9.84. The molecule has 1 saturated heterocycles. The zero-order valence-corrected chi connectivity index (χ0v) is 25.2. The summed E-state index contributed by atoms with van der Waals surface area (Å²) < 4.78 is 11.3. The predicted molar refractivity (Wildman–Crippen MR) is 161 cm³/mol. The molecular weight excluding hydrogens is 536 g/mol. The number of ether oxygens (including phenoxy) is 2. The number of carbonyl (C=O) groups is 2. The van der Waals surface area contributed by atoms with Gasteiger partial charge >= 0.3 is 0 Å². The van der Waals surface area contributed by atoms with Crippen molar-refractivity contribution in [1.82, 2.24) is 25.3 Å². The molecule has 4 heterocycles. The van der Waals surface area contributed by atoms with Crippen LogP contribution in [0.1, 0.15) is 51.0 Å². The minimum Gasteiger partial charge on any atom is -0.495 e. The Bertz CT molecular complexity index is 1230. The molecule has 5 N–H and O–H groups in total. The molecular formula is C30H46N8O4. The van der Waals surface area contributed by atoms with Gasteiger partial charge in [0, 0.05) is 51.4 Å². The Morgan fingerprint density at radius 3 is 2.64 bits per heavy atom. The number of hydrogen-bond acceptors (Lipinski definition) is 10. The molecule has 42 heavy (non-hydrogen) atoms. The second-order valence-electron chi connectivity index (χ2n) is 12.2. The lowest BCUT2D eigenvalue weighted by molar-refractivity contribution is -0.123. The van der Waals surface area contributed by atoms with E-state index in [1.807, 2.05) is 29.0 Å². The Labute approximate surface area is 248 Å². The van der Waals surface area contributed by atoms with E-state index in [-0.39, 0.29) is 11.8 Å². The van der Waals surface area contributed by atoms with E-state index in [2.05, 4.69) is 32.7 Å². The molecule has 2 atom stereocenters. The van der Waals surface area contributed by atoms with Gasteiger partial charge in [-0.2, -0.15) is 0 Å². The second-order valence-corrected chi connectivity index (χ2v) is 12.2. The van der Waals surface area contributed by atoms with Gasteiger partial charge in [0.05, 0.1) is 38.2 Å². The fraction of sp³-hybridized carbons (Fsp3) is 0.667. The predicted octanol–water partition coefficient (Wildman–Crippen LogP) is 1.15. The van der Waals surface area contributed by atoms with Gasteiger partial charge in [-0.3, -0.25) is 25.5 Å². The molecule has 1 saturated carbocycles. The quantitative estimate of drug-likeness (QED) is 0.348. The van der Waals surface area contributed by atoms with E-state index < -0.39 is 5.91 Å². The van der Waals surface area contributed by atoms with Crippen LogP contribution in [0, 0.1) is 0 Å². The van der Waals surface area contributed by atoms with Crippen molar-refractivity contribution in [2.24, 2.45) is 5.73 Å². The summed E-state index contributed by atoms with van der Waals surface area (Å²) in [5.74, 6) is -0.227. The van der Waals surface area contributed by atoms with E-state index in [1.165, 1.54) is 12.8 Å². The Balaban J connectivity index is 1.27. The first-order chi connectivity index (χ1) is 20.3. The maximum Gasteiger partial charge on any atom is 0.275 e. The summed E-state index contributed by atoms with van der Waals surface area (Å²) in [6.45, 7) is 6.89. The van der Waals surface area contributed by atoms with Gasteiger partial charge in [-0.25, -0.2) is 0 Å². The molecule has 5 aliphatic rings. The molecule has 4 aliphatic heterocycles. The largest absolute Gasteiger partial charge is 0.495 e. The number of likely N-dealkylation sites (N-methyl/N-ethyl adjacent to an activating group) is 1. The molecule has 1 aliphatic carbocycles. The molecule has 12 heteroatoms. The highest BCUT2D eigenvalue weighted by Gasteiger charge is 2.46. The molecule has 230 valence electrons. The average Bonchev–Trinajstić information content (AvgIpc) is 3.50. The Morgan fingerprint density at radius 1 is 1.17 bits per heavy atom. The van der Waals surface area contributed by atoms with Gasteiger partial charge in [-0.15, -0.1) is 0 Å². The van der Waals surface area contributed by atoms with Gasteiger partial charge in [0.25, 0.3) is 5.91 Å². The Morgan fingerprint density at radius 2 is 1.93 bits per heavy atom. The third kappa shape index (κ3) is 5.47. The number of benzene rings is 1. The number of morpholine rings is 1. The first-order valence-corrected chi connectivity index (χ1v) is 15.5. The second kappa shape index (κ2) is 11.8. The number of methoxy groups -OCH3 is 1. The smallest absolute Gasteiger partial charge is 0.275 e. The lowest BCUT2D eigenvalue weighted by atomic mass is 9.99. The monoisotopic (exact) mass is 582 g/mol. The van der Waals surface area contributed by atoms with Crippen molar-refractivity contribution in [3.63, 3.8) is 0 Å². The summed E-state index contributed by atoms with van der Waals surface area (Å²) in [6, 6.07) is 4.60. The van der Waals surface area contributed by atoms with E-state index in [4.69, 9.17) is 15.2 Å². The van der Waals surface area contributed by atoms with Crippen LogP contribution in [0.3, 0.4) is 0 Å². The third-order valence-corrected chi connectivity index (χ3v) is 9.39. The van der Waals surface area contributed by atoms with Crippen LogP contribution in [0.15, 0.2) is 23.7 Å². The molecule has 1 aromatic rings. The lowest BCUT2D eigenvalue weighted by Crippen LogP contribution is -2.76. The van der Waals surface area contributed by atoms with Crippen molar-refractivity contribution in [2.75, 3.05) is 70.3 Å². The fourth-order valence-electron chi connectivity index (χ4n) is 7.28. The van der Waals surface area contributed by atoms with Crippen molar-refractivity contribution in [3.8, 4) is 5.75 Å². The van der Waals surface area contributed by atoms with E-state index >= 15 is 0 Å². The average molecular weight is 583 g/mol. The molecule has 0 spiro atoms. The van der Waals surface area contributed by atoms with Crippen LogP contribution in [-0.2, 0) is 20.7 Å². The number of aryl methyl sites for hydroxylation is 1. The summed E-state index contributed by atoms with van der Waals surface area (Å²) in [6.07, 6.45) is 7.31. The lowest BCUT2D eigenvalue weighted by Gasteiger charge is -2.52. The maximum absolute atomic E-state index is 13.6. The SMILES string of the molecule is CCC1CN(C)C2=C(N[C@@](N)(Nc3cc4c(cc3OC)N(C(=O)CN3CCOCC3)CCC4)NC2=O)N1C1CCCC1. The molecule has 1 unspecified atom stereocenters. The van der Waals surface area contributed by atoms with Crippen molar-refractivity contribution < 1.29 is 19.1 Å². The minimum absolute atomic E-state index is 0.0792. The van der Waals surface area contributed by atoms with Gasteiger partial charge in [-0.1, -0.05) is 19.8 Å². The highest BCUT2D eigenvalue weighted by Crippen LogP contribution is 2.39. The molecule has 2 amide bonds. The normalized spacial score (nSPS) is 26.9. The van der Waals surface area contributed by atoms with E-state index in [0.717, 1.165) is 68.8 Å². The topological polar surface area (TPSA) is 128 Å². The van der Waals surface area contributed by atoms with Crippen LogP contribution in [0.25, 0.3) is 0 Å². The summed E-state index contributed by atoms with van der Waals surface area (Å²) >= 11 is 0. The van der Waals surface area contributed by atoms with E-state index in [0.29, 0.717) is 55.5 Å². The third-order valence-electron chi connectivity index (χ3n) is 9.39. The van der Waals surface area contributed by atoms with Gasteiger partial charge in [0.2, 0.25) is 11.8 Å².